The van der Waals surface area contributed by atoms with E-state index in [0.29, 0.717) is 32.6 Å². The number of carbonyl (C=O) groups is 3. The van der Waals surface area contributed by atoms with Crippen molar-refractivity contribution < 1.29 is 23.9 Å². The fourth-order valence-corrected chi connectivity index (χ4v) is 3.92. The lowest BCUT2D eigenvalue weighted by atomic mass is 10.1. The third-order valence-electron chi connectivity index (χ3n) is 5.73. The Morgan fingerprint density at radius 1 is 0.909 bits per heavy atom. The first-order valence-corrected chi connectivity index (χ1v) is 11.1. The molecule has 33 heavy (non-hydrogen) atoms. The van der Waals surface area contributed by atoms with Gasteiger partial charge in [-0.25, -0.2) is 4.79 Å². The molecule has 1 aliphatic heterocycles. The molecule has 3 rings (SSSR count). The Balaban J connectivity index is 1.47. The van der Waals surface area contributed by atoms with Crippen molar-refractivity contribution in [3.8, 4) is 5.75 Å². The van der Waals surface area contributed by atoms with Crippen LogP contribution in [0.15, 0.2) is 54.6 Å². The molecule has 176 valence electrons. The first-order chi connectivity index (χ1) is 16.0. The smallest absolute Gasteiger partial charge is 0.328 e. The van der Waals surface area contributed by atoms with Crippen molar-refractivity contribution in [2.75, 3.05) is 45.3 Å². The van der Waals surface area contributed by atoms with Gasteiger partial charge >= 0.3 is 5.97 Å². The van der Waals surface area contributed by atoms with Gasteiger partial charge in [0.1, 0.15) is 11.8 Å². The number of anilines is 1. The number of benzene rings is 2. The zero-order chi connectivity index (χ0) is 23.6. The molecule has 2 aromatic carbocycles. The summed E-state index contributed by atoms with van der Waals surface area (Å²) in [6, 6.07) is 16.4. The van der Waals surface area contributed by atoms with Gasteiger partial charge in [-0.15, -0.1) is 0 Å². The molecule has 0 spiro atoms. The van der Waals surface area contributed by atoms with Gasteiger partial charge < -0.3 is 24.6 Å². The van der Waals surface area contributed by atoms with Gasteiger partial charge in [0.25, 0.3) is 0 Å². The van der Waals surface area contributed by atoms with E-state index in [2.05, 4.69) is 10.2 Å². The van der Waals surface area contributed by atoms with Crippen LogP contribution in [0.4, 0.5) is 5.69 Å². The lowest BCUT2D eigenvalue weighted by Gasteiger charge is -2.36. The molecule has 1 fully saturated rings. The van der Waals surface area contributed by atoms with Gasteiger partial charge in [-0.05, 0) is 17.7 Å². The van der Waals surface area contributed by atoms with Gasteiger partial charge in [-0.2, -0.15) is 0 Å². The zero-order valence-electron chi connectivity index (χ0n) is 19.2. The summed E-state index contributed by atoms with van der Waals surface area (Å²) in [7, 11) is 2.94. The minimum Gasteiger partial charge on any atom is -0.495 e. The molecule has 0 unspecified atom stereocenters. The molecule has 8 heteroatoms. The first kappa shape index (κ1) is 24.1. The minimum absolute atomic E-state index is 0.0217. The van der Waals surface area contributed by atoms with E-state index in [-0.39, 0.29) is 24.7 Å². The molecule has 0 saturated carbocycles. The average Bonchev–Trinajstić information content (AvgIpc) is 2.87. The maximum absolute atomic E-state index is 12.6. The Morgan fingerprint density at radius 2 is 1.58 bits per heavy atom. The van der Waals surface area contributed by atoms with Gasteiger partial charge in [0.2, 0.25) is 11.8 Å². The maximum atomic E-state index is 12.6. The van der Waals surface area contributed by atoms with Crippen LogP contribution in [0.1, 0.15) is 18.4 Å². The number of rotatable bonds is 9. The largest absolute Gasteiger partial charge is 0.495 e. The molecule has 1 heterocycles. The number of para-hydroxylation sites is 2. The van der Waals surface area contributed by atoms with Crippen molar-refractivity contribution in [2.45, 2.75) is 25.3 Å². The molecule has 8 nitrogen and oxygen atoms in total. The standard InChI is InChI=1S/C25H31N3O5/c1-32-22-11-7-6-10-21(22)27-14-16-28(17-15-27)24(30)13-12-23(29)26-20(25(31)33-2)18-19-8-4-3-5-9-19/h3-11,20H,12-18H2,1-2H3,(H,26,29)/t20-/m0/s1. The number of carbonyl (C=O) groups excluding carboxylic acids is 3. The number of nitrogens with one attached hydrogen (secondary N) is 1. The van der Waals surface area contributed by atoms with Gasteiger partial charge in [0, 0.05) is 45.4 Å². The van der Waals surface area contributed by atoms with Crippen LogP contribution in [0.25, 0.3) is 0 Å². The van der Waals surface area contributed by atoms with Crippen molar-refractivity contribution in [1.82, 2.24) is 10.2 Å². The van der Waals surface area contributed by atoms with Crippen LogP contribution >= 0.6 is 0 Å². The summed E-state index contributed by atoms with van der Waals surface area (Å²) < 4.78 is 10.3. The van der Waals surface area contributed by atoms with Crippen LogP contribution in [-0.2, 0) is 25.5 Å². The Morgan fingerprint density at radius 3 is 2.24 bits per heavy atom. The number of piperazine rings is 1. The van der Waals surface area contributed by atoms with E-state index in [4.69, 9.17) is 9.47 Å². The van der Waals surface area contributed by atoms with Crippen molar-refractivity contribution in [3.63, 3.8) is 0 Å². The third-order valence-corrected chi connectivity index (χ3v) is 5.73. The molecular formula is C25H31N3O5. The summed E-state index contributed by atoms with van der Waals surface area (Å²) in [5.41, 5.74) is 1.93. The normalized spacial score (nSPS) is 14.4. The lowest BCUT2D eigenvalue weighted by molar-refractivity contribution is -0.145. The van der Waals surface area contributed by atoms with Crippen LogP contribution in [-0.4, -0.2) is 69.1 Å². The lowest BCUT2D eigenvalue weighted by Crippen LogP contribution is -2.49. The molecule has 0 radical (unpaired) electrons. The molecule has 1 atom stereocenters. The second-order valence-electron chi connectivity index (χ2n) is 7.87. The van der Waals surface area contributed by atoms with E-state index in [9.17, 15) is 14.4 Å². The Kier molecular flexibility index (Phi) is 8.69. The molecule has 0 aliphatic carbocycles. The van der Waals surface area contributed by atoms with Crippen LogP contribution in [0.5, 0.6) is 5.75 Å². The molecule has 0 aromatic heterocycles. The first-order valence-electron chi connectivity index (χ1n) is 11.1. The van der Waals surface area contributed by atoms with Crippen molar-refractivity contribution >= 4 is 23.5 Å². The third kappa shape index (κ3) is 6.71. The molecular weight excluding hydrogens is 422 g/mol. The van der Waals surface area contributed by atoms with Crippen LogP contribution in [0.3, 0.4) is 0 Å². The fraction of sp³-hybridized carbons (Fsp3) is 0.400. The summed E-state index contributed by atoms with van der Waals surface area (Å²) in [5.74, 6) is -0.111. The summed E-state index contributed by atoms with van der Waals surface area (Å²) >= 11 is 0. The SMILES string of the molecule is COC(=O)[C@H](Cc1ccccc1)NC(=O)CCC(=O)N1CCN(c2ccccc2OC)CC1. The highest BCUT2D eigenvalue weighted by Gasteiger charge is 2.25. The summed E-state index contributed by atoms with van der Waals surface area (Å²) in [4.78, 5) is 41.2. The summed E-state index contributed by atoms with van der Waals surface area (Å²) in [6.45, 7) is 2.55. The van der Waals surface area contributed by atoms with Crippen molar-refractivity contribution in [2.24, 2.45) is 0 Å². The zero-order valence-corrected chi connectivity index (χ0v) is 19.2. The Labute approximate surface area is 194 Å². The van der Waals surface area contributed by atoms with E-state index in [1.807, 2.05) is 54.6 Å². The van der Waals surface area contributed by atoms with Crippen molar-refractivity contribution in [3.05, 3.63) is 60.2 Å². The molecule has 2 amide bonds. The number of ether oxygens (including phenoxy) is 2. The van der Waals surface area contributed by atoms with Crippen LogP contribution in [0, 0.1) is 0 Å². The molecule has 2 aromatic rings. The number of amides is 2. The quantitative estimate of drug-likeness (QED) is 0.585. The summed E-state index contributed by atoms with van der Waals surface area (Å²) in [6.07, 6.45) is 0.450. The Hall–Kier alpha value is -3.55. The predicted molar refractivity (Wildman–Crippen MR) is 125 cm³/mol. The van der Waals surface area contributed by atoms with E-state index in [1.165, 1.54) is 7.11 Å². The second-order valence-corrected chi connectivity index (χ2v) is 7.87. The minimum atomic E-state index is -0.788. The van der Waals surface area contributed by atoms with Gasteiger partial charge in [-0.3, -0.25) is 9.59 Å². The monoisotopic (exact) mass is 453 g/mol. The van der Waals surface area contributed by atoms with Gasteiger partial charge in [0.05, 0.1) is 19.9 Å². The molecule has 1 aliphatic rings. The number of hydrogen-bond donors (Lipinski definition) is 1. The molecule has 0 bridgehead atoms. The number of hydrogen-bond acceptors (Lipinski definition) is 6. The highest BCUT2D eigenvalue weighted by atomic mass is 16.5. The van der Waals surface area contributed by atoms with Gasteiger partial charge in [0.15, 0.2) is 0 Å². The van der Waals surface area contributed by atoms with E-state index in [0.717, 1.165) is 17.0 Å². The Bertz CT molecular complexity index is 942. The average molecular weight is 454 g/mol. The molecule has 1 N–H and O–H groups in total. The van der Waals surface area contributed by atoms with Crippen molar-refractivity contribution in [1.29, 1.82) is 0 Å². The van der Waals surface area contributed by atoms with Crippen LogP contribution in [0.2, 0.25) is 0 Å². The van der Waals surface area contributed by atoms with E-state index in [1.54, 1.807) is 12.0 Å². The topological polar surface area (TPSA) is 88.2 Å². The number of nitrogens with zero attached hydrogens (tertiary/aromatic N) is 2. The highest BCUT2D eigenvalue weighted by Crippen LogP contribution is 2.28. The molecule has 1 saturated heterocycles. The fourth-order valence-electron chi connectivity index (χ4n) is 3.92. The van der Waals surface area contributed by atoms with Gasteiger partial charge in [-0.1, -0.05) is 42.5 Å². The number of methoxy groups -OCH3 is 2. The van der Waals surface area contributed by atoms with E-state index < -0.39 is 12.0 Å². The highest BCUT2D eigenvalue weighted by molar-refractivity contribution is 5.87. The number of esters is 1. The summed E-state index contributed by atoms with van der Waals surface area (Å²) in [5, 5.41) is 2.71. The predicted octanol–water partition coefficient (Wildman–Crippen LogP) is 2.02. The van der Waals surface area contributed by atoms with Crippen LogP contribution < -0.4 is 15.0 Å². The van der Waals surface area contributed by atoms with E-state index >= 15 is 0 Å². The maximum Gasteiger partial charge on any atom is 0.328 e. The second kappa shape index (κ2) is 11.9.